The Kier molecular flexibility index (Phi) is 7.01. The highest BCUT2D eigenvalue weighted by molar-refractivity contribution is 4.68. The first-order valence-corrected chi connectivity index (χ1v) is 7.60. The Morgan fingerprint density at radius 2 is 2.06 bits per heavy atom. The topological polar surface area (TPSA) is 42.5 Å². The van der Waals surface area contributed by atoms with E-state index in [1.165, 1.54) is 25.7 Å². The third kappa shape index (κ3) is 5.65. The van der Waals surface area contributed by atoms with E-state index in [9.17, 15) is 0 Å². The molecule has 0 aliphatic carbocycles. The molecule has 2 saturated heterocycles. The van der Waals surface area contributed by atoms with E-state index >= 15 is 0 Å². The minimum atomic E-state index is 0.498. The number of hydrogen-bond donors (Lipinski definition) is 2. The fourth-order valence-electron chi connectivity index (χ4n) is 2.67. The Morgan fingerprint density at radius 3 is 2.83 bits per heavy atom. The van der Waals surface area contributed by atoms with Gasteiger partial charge >= 0.3 is 0 Å². The maximum atomic E-state index is 5.86. The van der Waals surface area contributed by atoms with Crippen LogP contribution in [0.4, 0.5) is 0 Å². The molecule has 0 amide bonds. The molecule has 4 heteroatoms. The first-order chi connectivity index (χ1) is 8.95. The number of rotatable bonds is 8. The van der Waals surface area contributed by atoms with Gasteiger partial charge in [0.05, 0.1) is 12.2 Å². The van der Waals surface area contributed by atoms with Gasteiger partial charge in [0.15, 0.2) is 0 Å². The van der Waals surface area contributed by atoms with E-state index in [1.54, 1.807) is 0 Å². The van der Waals surface area contributed by atoms with E-state index in [0.717, 1.165) is 52.2 Å². The van der Waals surface area contributed by atoms with Crippen LogP contribution in [0.15, 0.2) is 0 Å². The monoisotopic (exact) mass is 256 g/mol. The highest BCUT2D eigenvalue weighted by Crippen LogP contribution is 2.14. The predicted octanol–water partition coefficient (Wildman–Crippen LogP) is 1.30. The Bertz CT molecular complexity index is 202. The molecule has 0 aromatic rings. The average molecular weight is 256 g/mol. The van der Waals surface area contributed by atoms with Gasteiger partial charge in [-0.1, -0.05) is 0 Å². The van der Waals surface area contributed by atoms with Crippen molar-refractivity contribution in [1.29, 1.82) is 0 Å². The van der Waals surface area contributed by atoms with Gasteiger partial charge in [-0.15, -0.1) is 0 Å². The zero-order chi connectivity index (χ0) is 12.5. The van der Waals surface area contributed by atoms with Crippen LogP contribution in [0.1, 0.15) is 38.5 Å². The van der Waals surface area contributed by atoms with Gasteiger partial charge < -0.3 is 20.1 Å². The van der Waals surface area contributed by atoms with Crippen molar-refractivity contribution in [1.82, 2.24) is 10.6 Å². The van der Waals surface area contributed by atoms with Crippen LogP contribution < -0.4 is 10.6 Å². The largest absolute Gasteiger partial charge is 0.378 e. The SMILES string of the molecule is C(CNCCC1CCCO1)COC1CCNCC1. The van der Waals surface area contributed by atoms with Gasteiger partial charge in [-0.3, -0.25) is 0 Å². The molecule has 1 atom stereocenters. The third-order valence-corrected chi connectivity index (χ3v) is 3.80. The van der Waals surface area contributed by atoms with Crippen molar-refractivity contribution in [2.45, 2.75) is 50.7 Å². The van der Waals surface area contributed by atoms with Gasteiger partial charge in [0.1, 0.15) is 0 Å². The van der Waals surface area contributed by atoms with Crippen molar-refractivity contribution in [3.8, 4) is 0 Å². The van der Waals surface area contributed by atoms with Gasteiger partial charge in [-0.2, -0.15) is 0 Å². The molecule has 2 aliphatic heterocycles. The Labute approximate surface area is 111 Å². The molecule has 0 aromatic carbocycles. The molecule has 0 bridgehead atoms. The van der Waals surface area contributed by atoms with E-state index in [0.29, 0.717) is 12.2 Å². The van der Waals surface area contributed by atoms with E-state index in [2.05, 4.69) is 10.6 Å². The molecule has 4 nitrogen and oxygen atoms in total. The Balaban J connectivity index is 1.35. The molecule has 2 fully saturated rings. The lowest BCUT2D eigenvalue weighted by atomic mass is 10.1. The fraction of sp³-hybridized carbons (Fsp3) is 1.00. The van der Waals surface area contributed by atoms with Crippen LogP contribution in [0.3, 0.4) is 0 Å². The molecule has 106 valence electrons. The predicted molar refractivity (Wildman–Crippen MR) is 72.9 cm³/mol. The van der Waals surface area contributed by atoms with Gasteiger partial charge in [-0.05, 0) is 64.7 Å². The third-order valence-electron chi connectivity index (χ3n) is 3.80. The summed E-state index contributed by atoms with van der Waals surface area (Å²) in [6, 6.07) is 0. The number of nitrogens with one attached hydrogen (secondary N) is 2. The summed E-state index contributed by atoms with van der Waals surface area (Å²) in [5.74, 6) is 0. The summed E-state index contributed by atoms with van der Waals surface area (Å²) in [5.41, 5.74) is 0. The van der Waals surface area contributed by atoms with Crippen molar-refractivity contribution < 1.29 is 9.47 Å². The van der Waals surface area contributed by atoms with Crippen LogP contribution in [0.2, 0.25) is 0 Å². The van der Waals surface area contributed by atoms with E-state index < -0.39 is 0 Å². The molecule has 0 aromatic heterocycles. The maximum absolute atomic E-state index is 5.86. The van der Waals surface area contributed by atoms with Crippen molar-refractivity contribution in [3.05, 3.63) is 0 Å². The van der Waals surface area contributed by atoms with Gasteiger partial charge in [-0.25, -0.2) is 0 Å². The van der Waals surface area contributed by atoms with Crippen LogP contribution in [0, 0.1) is 0 Å². The fourth-order valence-corrected chi connectivity index (χ4v) is 2.67. The first kappa shape index (κ1) is 14.3. The van der Waals surface area contributed by atoms with Gasteiger partial charge in [0.25, 0.3) is 0 Å². The summed E-state index contributed by atoms with van der Waals surface area (Å²) >= 11 is 0. The molecule has 0 saturated carbocycles. The summed E-state index contributed by atoms with van der Waals surface area (Å²) in [6.07, 6.45) is 8.14. The molecule has 2 heterocycles. The summed E-state index contributed by atoms with van der Waals surface area (Å²) in [6.45, 7) is 6.25. The molecular weight excluding hydrogens is 228 g/mol. The maximum Gasteiger partial charge on any atom is 0.0599 e. The Morgan fingerprint density at radius 1 is 1.17 bits per heavy atom. The van der Waals surface area contributed by atoms with E-state index in [-0.39, 0.29) is 0 Å². The second kappa shape index (κ2) is 8.86. The number of ether oxygens (including phenoxy) is 2. The highest BCUT2D eigenvalue weighted by atomic mass is 16.5. The molecule has 2 rings (SSSR count). The lowest BCUT2D eigenvalue weighted by Gasteiger charge is -2.22. The van der Waals surface area contributed by atoms with Crippen LogP contribution in [0.5, 0.6) is 0 Å². The molecule has 2 aliphatic rings. The minimum absolute atomic E-state index is 0.498. The van der Waals surface area contributed by atoms with Gasteiger partial charge in [0, 0.05) is 13.2 Å². The standard InChI is InChI=1S/C14H28N2O2/c1-3-13(17-11-1)4-8-15-7-2-12-18-14-5-9-16-10-6-14/h13-16H,1-12H2. The first-order valence-electron chi connectivity index (χ1n) is 7.60. The van der Waals surface area contributed by atoms with Crippen LogP contribution in [0.25, 0.3) is 0 Å². The molecule has 2 N–H and O–H groups in total. The van der Waals surface area contributed by atoms with E-state index in [4.69, 9.17) is 9.47 Å². The number of piperidine rings is 1. The van der Waals surface area contributed by atoms with Crippen molar-refractivity contribution in [3.63, 3.8) is 0 Å². The Hall–Kier alpha value is -0.160. The quantitative estimate of drug-likeness (QED) is 0.643. The lowest BCUT2D eigenvalue weighted by molar-refractivity contribution is 0.0317. The smallest absolute Gasteiger partial charge is 0.0599 e. The summed E-state index contributed by atoms with van der Waals surface area (Å²) in [4.78, 5) is 0. The van der Waals surface area contributed by atoms with Crippen LogP contribution in [-0.4, -0.2) is 51.6 Å². The zero-order valence-electron chi connectivity index (χ0n) is 11.5. The number of hydrogen-bond acceptors (Lipinski definition) is 4. The minimum Gasteiger partial charge on any atom is -0.378 e. The zero-order valence-corrected chi connectivity index (χ0v) is 11.5. The summed E-state index contributed by atoms with van der Waals surface area (Å²) in [7, 11) is 0. The molecule has 18 heavy (non-hydrogen) atoms. The van der Waals surface area contributed by atoms with Crippen molar-refractivity contribution >= 4 is 0 Å². The highest BCUT2D eigenvalue weighted by Gasteiger charge is 2.14. The second-order valence-electron chi connectivity index (χ2n) is 5.35. The molecular formula is C14H28N2O2. The van der Waals surface area contributed by atoms with Crippen LogP contribution >= 0.6 is 0 Å². The molecule has 1 unspecified atom stereocenters. The average Bonchev–Trinajstić information content (AvgIpc) is 2.92. The van der Waals surface area contributed by atoms with Crippen LogP contribution in [-0.2, 0) is 9.47 Å². The molecule has 0 radical (unpaired) electrons. The second-order valence-corrected chi connectivity index (χ2v) is 5.35. The van der Waals surface area contributed by atoms with E-state index in [1.807, 2.05) is 0 Å². The van der Waals surface area contributed by atoms with Gasteiger partial charge in [0.2, 0.25) is 0 Å². The summed E-state index contributed by atoms with van der Waals surface area (Å²) in [5, 5.41) is 6.83. The summed E-state index contributed by atoms with van der Waals surface area (Å²) < 4.78 is 11.4. The van der Waals surface area contributed by atoms with Crippen molar-refractivity contribution in [2.75, 3.05) is 39.4 Å². The molecule has 0 spiro atoms. The van der Waals surface area contributed by atoms with Crippen molar-refractivity contribution in [2.24, 2.45) is 0 Å². The lowest BCUT2D eigenvalue weighted by Crippen LogP contribution is -2.33. The normalized spacial score (nSPS) is 25.7.